The summed E-state index contributed by atoms with van der Waals surface area (Å²) in [5, 5.41) is 12.0. The van der Waals surface area contributed by atoms with E-state index in [2.05, 4.69) is 5.16 Å². The van der Waals surface area contributed by atoms with Gasteiger partial charge in [0, 0.05) is 19.7 Å². The van der Waals surface area contributed by atoms with Crippen molar-refractivity contribution >= 4 is 23.5 Å². The summed E-state index contributed by atoms with van der Waals surface area (Å²) in [6.45, 7) is 4.51. The molecule has 1 heterocycles. The number of piperidine rings is 1. The van der Waals surface area contributed by atoms with Gasteiger partial charge in [-0.25, -0.2) is 0 Å². The summed E-state index contributed by atoms with van der Waals surface area (Å²) in [7, 11) is 0. The first-order valence-corrected chi connectivity index (χ1v) is 8.20. The second-order valence-corrected chi connectivity index (χ2v) is 6.12. The van der Waals surface area contributed by atoms with Crippen LogP contribution in [0.4, 0.5) is 0 Å². The summed E-state index contributed by atoms with van der Waals surface area (Å²) in [5.74, 6) is 0.374. The van der Waals surface area contributed by atoms with Gasteiger partial charge in [-0.2, -0.15) is 11.8 Å². The molecule has 0 spiro atoms. The van der Waals surface area contributed by atoms with E-state index in [0.29, 0.717) is 45.6 Å². The third-order valence-electron chi connectivity index (χ3n) is 3.70. The van der Waals surface area contributed by atoms with Gasteiger partial charge in [0.1, 0.15) is 0 Å². The fraction of sp³-hybridized carbons (Fsp3) is 0.846. The fourth-order valence-electron chi connectivity index (χ4n) is 2.34. The zero-order chi connectivity index (χ0) is 15.0. The SMILES string of the molecule is CCCOCCC(=O)N1CCC(SC)(C(N)=NO)CC1. The average molecular weight is 303 g/mol. The molecule has 0 aromatic rings. The number of nitrogens with zero attached hydrogens (tertiary/aromatic N) is 2. The van der Waals surface area contributed by atoms with Crippen molar-refractivity contribution < 1.29 is 14.7 Å². The monoisotopic (exact) mass is 303 g/mol. The number of amidine groups is 1. The van der Waals surface area contributed by atoms with Gasteiger partial charge in [0.25, 0.3) is 0 Å². The highest BCUT2D eigenvalue weighted by Crippen LogP contribution is 2.34. The zero-order valence-corrected chi connectivity index (χ0v) is 13.1. The Bertz CT molecular complexity index is 342. The van der Waals surface area contributed by atoms with Crippen LogP contribution in [0.2, 0.25) is 0 Å². The number of hydrogen-bond donors (Lipinski definition) is 2. The molecule has 0 radical (unpaired) electrons. The second kappa shape index (κ2) is 8.36. The van der Waals surface area contributed by atoms with E-state index in [1.54, 1.807) is 11.8 Å². The minimum Gasteiger partial charge on any atom is -0.409 e. The van der Waals surface area contributed by atoms with Gasteiger partial charge in [0.05, 0.1) is 17.8 Å². The minimum atomic E-state index is -0.343. The average Bonchev–Trinajstić information content (AvgIpc) is 2.50. The Labute approximate surface area is 124 Å². The number of ether oxygens (including phenoxy) is 1. The normalized spacial score (nSPS) is 19.1. The van der Waals surface area contributed by atoms with Crippen LogP contribution < -0.4 is 5.73 Å². The molecule has 0 aliphatic carbocycles. The molecule has 1 rings (SSSR count). The molecule has 1 fully saturated rings. The smallest absolute Gasteiger partial charge is 0.224 e. The van der Waals surface area contributed by atoms with Crippen LogP contribution in [0, 0.1) is 0 Å². The summed E-state index contributed by atoms with van der Waals surface area (Å²) in [5.41, 5.74) is 5.78. The predicted molar refractivity (Wildman–Crippen MR) is 81.2 cm³/mol. The van der Waals surface area contributed by atoms with E-state index in [4.69, 9.17) is 15.7 Å². The lowest BCUT2D eigenvalue weighted by Gasteiger charge is -2.39. The standard InChI is InChI=1S/C13H25N3O3S/c1-3-9-19-10-4-11(17)16-7-5-13(20-2,6-8-16)12(14)15-18/h18H,3-10H2,1-2H3,(H2,14,15). The number of carbonyl (C=O) groups is 1. The van der Waals surface area contributed by atoms with Crippen molar-refractivity contribution in [3.63, 3.8) is 0 Å². The van der Waals surface area contributed by atoms with Crippen LogP contribution in [0.5, 0.6) is 0 Å². The summed E-state index contributed by atoms with van der Waals surface area (Å²) in [6.07, 6.45) is 4.77. The van der Waals surface area contributed by atoms with Gasteiger partial charge in [-0.3, -0.25) is 4.79 Å². The van der Waals surface area contributed by atoms with E-state index in [1.807, 2.05) is 18.1 Å². The molecular weight excluding hydrogens is 278 g/mol. The highest BCUT2D eigenvalue weighted by atomic mass is 32.2. The van der Waals surface area contributed by atoms with E-state index >= 15 is 0 Å². The van der Waals surface area contributed by atoms with Crippen molar-refractivity contribution in [2.45, 2.75) is 37.4 Å². The highest BCUT2D eigenvalue weighted by molar-refractivity contribution is 8.00. The summed E-state index contributed by atoms with van der Waals surface area (Å²) in [6, 6.07) is 0. The second-order valence-electron chi connectivity index (χ2n) is 4.93. The molecule has 0 saturated carbocycles. The summed E-state index contributed by atoms with van der Waals surface area (Å²) < 4.78 is 5.00. The van der Waals surface area contributed by atoms with Gasteiger partial charge in [0.15, 0.2) is 5.84 Å². The van der Waals surface area contributed by atoms with Gasteiger partial charge < -0.3 is 20.6 Å². The van der Waals surface area contributed by atoms with E-state index in [1.165, 1.54) is 0 Å². The van der Waals surface area contributed by atoms with Crippen LogP contribution in [0.15, 0.2) is 5.16 Å². The lowest BCUT2D eigenvalue weighted by atomic mass is 9.94. The van der Waals surface area contributed by atoms with Crippen molar-refractivity contribution in [3.05, 3.63) is 0 Å². The highest BCUT2D eigenvalue weighted by Gasteiger charge is 2.39. The molecule has 0 unspecified atom stereocenters. The third kappa shape index (κ3) is 4.28. The summed E-state index contributed by atoms with van der Waals surface area (Å²) in [4.78, 5) is 13.9. The molecule has 7 heteroatoms. The number of oxime groups is 1. The van der Waals surface area contributed by atoms with Crippen LogP contribution in [-0.4, -0.2) is 59.2 Å². The van der Waals surface area contributed by atoms with Gasteiger partial charge >= 0.3 is 0 Å². The Morgan fingerprint density at radius 3 is 2.60 bits per heavy atom. The van der Waals surface area contributed by atoms with Gasteiger partial charge in [-0.05, 0) is 25.5 Å². The molecule has 0 bridgehead atoms. The molecule has 1 aliphatic heterocycles. The largest absolute Gasteiger partial charge is 0.409 e. The fourth-order valence-corrected chi connectivity index (χ4v) is 3.18. The molecule has 0 aromatic carbocycles. The van der Waals surface area contributed by atoms with Gasteiger partial charge in [0.2, 0.25) is 5.91 Å². The number of likely N-dealkylation sites (tertiary alicyclic amines) is 1. The molecular formula is C13H25N3O3S. The summed E-state index contributed by atoms with van der Waals surface area (Å²) >= 11 is 1.59. The first-order chi connectivity index (χ1) is 9.59. The van der Waals surface area contributed by atoms with Crippen LogP contribution in [0.1, 0.15) is 32.6 Å². The molecule has 0 atom stereocenters. The van der Waals surface area contributed by atoms with Crippen molar-refractivity contribution in [2.24, 2.45) is 10.9 Å². The number of rotatable bonds is 7. The third-order valence-corrected chi connectivity index (χ3v) is 5.10. The first kappa shape index (κ1) is 17.1. The zero-order valence-electron chi connectivity index (χ0n) is 12.3. The molecule has 1 amide bonds. The van der Waals surface area contributed by atoms with Gasteiger partial charge in [-0.1, -0.05) is 12.1 Å². The van der Waals surface area contributed by atoms with Crippen molar-refractivity contribution in [1.29, 1.82) is 0 Å². The first-order valence-electron chi connectivity index (χ1n) is 6.98. The Kier molecular flexibility index (Phi) is 7.15. The topological polar surface area (TPSA) is 88.2 Å². The maximum absolute atomic E-state index is 12.0. The molecule has 3 N–H and O–H groups in total. The van der Waals surface area contributed by atoms with Crippen LogP contribution in [0.25, 0.3) is 0 Å². The maximum Gasteiger partial charge on any atom is 0.224 e. The molecule has 0 aromatic heterocycles. The lowest BCUT2D eigenvalue weighted by molar-refractivity contribution is -0.133. The Morgan fingerprint density at radius 2 is 2.10 bits per heavy atom. The number of hydrogen-bond acceptors (Lipinski definition) is 5. The molecule has 1 aliphatic rings. The van der Waals surface area contributed by atoms with Crippen molar-refractivity contribution in [1.82, 2.24) is 4.90 Å². The van der Waals surface area contributed by atoms with Crippen molar-refractivity contribution in [2.75, 3.05) is 32.6 Å². The number of amides is 1. The van der Waals surface area contributed by atoms with Crippen molar-refractivity contribution in [3.8, 4) is 0 Å². The quantitative estimate of drug-likeness (QED) is 0.243. The predicted octanol–water partition coefficient (Wildman–Crippen LogP) is 1.27. The molecule has 20 heavy (non-hydrogen) atoms. The molecule has 116 valence electrons. The van der Waals surface area contributed by atoms with E-state index < -0.39 is 0 Å². The van der Waals surface area contributed by atoms with Crippen LogP contribution in [0.3, 0.4) is 0 Å². The number of nitrogens with two attached hydrogens (primary N) is 1. The van der Waals surface area contributed by atoms with Crippen LogP contribution >= 0.6 is 11.8 Å². The molecule has 6 nitrogen and oxygen atoms in total. The molecule has 1 saturated heterocycles. The minimum absolute atomic E-state index is 0.121. The lowest BCUT2D eigenvalue weighted by Crippen LogP contribution is -2.51. The Morgan fingerprint density at radius 1 is 1.45 bits per heavy atom. The maximum atomic E-state index is 12.0. The van der Waals surface area contributed by atoms with E-state index in [9.17, 15) is 4.79 Å². The van der Waals surface area contributed by atoms with Crippen LogP contribution in [-0.2, 0) is 9.53 Å². The number of carbonyl (C=O) groups excluding carboxylic acids is 1. The van der Waals surface area contributed by atoms with Gasteiger partial charge in [-0.15, -0.1) is 0 Å². The Hall–Kier alpha value is -0.950. The van der Waals surface area contributed by atoms with E-state index in [-0.39, 0.29) is 16.5 Å². The number of thioether (sulfide) groups is 1. The Balaban J connectivity index is 2.43. The van der Waals surface area contributed by atoms with E-state index in [0.717, 1.165) is 6.42 Å².